The molecule has 3 aromatic rings. The lowest BCUT2D eigenvalue weighted by Gasteiger charge is -2.10. The lowest BCUT2D eigenvalue weighted by atomic mass is 10.1. The van der Waals surface area contributed by atoms with E-state index in [1.165, 1.54) is 11.1 Å². The predicted octanol–water partition coefficient (Wildman–Crippen LogP) is 5.01. The number of aryl methyl sites for hydroxylation is 2. The summed E-state index contributed by atoms with van der Waals surface area (Å²) in [4.78, 5) is 0. The van der Waals surface area contributed by atoms with Crippen LogP contribution < -0.4 is 10.6 Å². The quantitative estimate of drug-likeness (QED) is 0.633. The minimum absolute atomic E-state index is 0.455. The van der Waals surface area contributed by atoms with Gasteiger partial charge in [0.2, 0.25) is 0 Å². The second-order valence-corrected chi connectivity index (χ2v) is 6.78. The van der Waals surface area contributed by atoms with Gasteiger partial charge in [-0.3, -0.25) is 4.68 Å². The highest BCUT2D eigenvalue weighted by Crippen LogP contribution is 2.21. The van der Waals surface area contributed by atoms with E-state index in [0.29, 0.717) is 22.5 Å². The van der Waals surface area contributed by atoms with Gasteiger partial charge in [0.25, 0.3) is 0 Å². The van der Waals surface area contributed by atoms with Crippen molar-refractivity contribution in [1.29, 1.82) is 0 Å². The molecule has 2 aromatic carbocycles. The molecule has 0 aliphatic carbocycles. The zero-order chi connectivity index (χ0) is 17.8. The molecule has 0 radical (unpaired) electrons. The summed E-state index contributed by atoms with van der Waals surface area (Å²) in [5.41, 5.74) is 4.45. The van der Waals surface area contributed by atoms with Crippen LogP contribution in [0, 0.1) is 13.8 Å². The van der Waals surface area contributed by atoms with Gasteiger partial charge in [0, 0.05) is 11.9 Å². The molecule has 2 N–H and O–H groups in total. The maximum Gasteiger partial charge on any atom is 0.176 e. The van der Waals surface area contributed by atoms with E-state index in [2.05, 4.69) is 47.8 Å². The average Bonchev–Trinajstić information content (AvgIpc) is 2.86. The van der Waals surface area contributed by atoms with Crippen molar-refractivity contribution in [3.8, 4) is 0 Å². The molecule has 0 unspecified atom stereocenters. The summed E-state index contributed by atoms with van der Waals surface area (Å²) in [5, 5.41) is 11.7. The smallest absolute Gasteiger partial charge is 0.176 e. The van der Waals surface area contributed by atoms with Crippen LogP contribution in [-0.4, -0.2) is 14.9 Å². The Bertz CT molecular complexity index is 869. The highest BCUT2D eigenvalue weighted by molar-refractivity contribution is 7.80. The largest absolute Gasteiger partial charge is 0.332 e. The first-order chi connectivity index (χ1) is 12.0. The molecule has 1 aromatic heterocycles. The molecule has 0 bridgehead atoms. The Labute approximate surface area is 157 Å². The van der Waals surface area contributed by atoms with Crippen LogP contribution in [0.3, 0.4) is 0 Å². The van der Waals surface area contributed by atoms with Crippen LogP contribution in [0.1, 0.15) is 16.7 Å². The minimum Gasteiger partial charge on any atom is -0.332 e. The van der Waals surface area contributed by atoms with Gasteiger partial charge < -0.3 is 10.6 Å². The zero-order valence-corrected chi connectivity index (χ0v) is 15.7. The monoisotopic (exact) mass is 370 g/mol. The molecule has 0 saturated carbocycles. The first-order valence-electron chi connectivity index (χ1n) is 7.93. The zero-order valence-electron chi connectivity index (χ0n) is 14.1. The second kappa shape index (κ2) is 7.68. The van der Waals surface area contributed by atoms with Crippen molar-refractivity contribution in [2.75, 3.05) is 10.6 Å². The van der Waals surface area contributed by atoms with Gasteiger partial charge in [0.1, 0.15) is 5.02 Å². The molecule has 4 nitrogen and oxygen atoms in total. The molecule has 128 valence electrons. The molecule has 25 heavy (non-hydrogen) atoms. The highest BCUT2D eigenvalue weighted by Gasteiger charge is 2.09. The maximum absolute atomic E-state index is 6.28. The van der Waals surface area contributed by atoms with E-state index in [1.54, 1.807) is 10.9 Å². The van der Waals surface area contributed by atoms with Crippen LogP contribution in [0.2, 0.25) is 5.02 Å². The van der Waals surface area contributed by atoms with Gasteiger partial charge in [-0.15, -0.1) is 0 Å². The van der Waals surface area contributed by atoms with E-state index in [9.17, 15) is 0 Å². The first kappa shape index (κ1) is 17.5. The van der Waals surface area contributed by atoms with Gasteiger partial charge in [-0.2, -0.15) is 5.10 Å². The summed E-state index contributed by atoms with van der Waals surface area (Å²) in [5.74, 6) is 0.541. The number of anilines is 2. The Morgan fingerprint density at radius 2 is 1.76 bits per heavy atom. The number of thiocarbonyl (C=S) groups is 1. The minimum atomic E-state index is 0.455. The van der Waals surface area contributed by atoms with E-state index >= 15 is 0 Å². The Balaban J connectivity index is 1.67. The molecule has 0 saturated heterocycles. The molecule has 0 aliphatic rings. The van der Waals surface area contributed by atoms with Crippen LogP contribution in [0.15, 0.2) is 54.7 Å². The van der Waals surface area contributed by atoms with Crippen molar-refractivity contribution in [2.24, 2.45) is 0 Å². The Kier molecular flexibility index (Phi) is 5.36. The van der Waals surface area contributed by atoms with Crippen molar-refractivity contribution in [3.05, 3.63) is 76.4 Å². The van der Waals surface area contributed by atoms with E-state index in [-0.39, 0.29) is 0 Å². The van der Waals surface area contributed by atoms with Crippen molar-refractivity contribution >= 4 is 40.4 Å². The Hall–Kier alpha value is -2.37. The van der Waals surface area contributed by atoms with Gasteiger partial charge in [0.15, 0.2) is 10.9 Å². The number of nitrogens with one attached hydrogen (secondary N) is 2. The summed E-state index contributed by atoms with van der Waals surface area (Å²) >= 11 is 11.6. The number of hydrogen-bond donors (Lipinski definition) is 2. The lowest BCUT2D eigenvalue weighted by Crippen LogP contribution is -2.20. The standard InChI is InChI=1S/C19H19ClN4S/c1-13-8-14(2)10-16(9-13)21-19(25)22-18-17(20)12-24(23-18)11-15-6-4-3-5-7-15/h3-10,12H,11H2,1-2H3,(H2,21,22,23,25). The number of hydrogen-bond acceptors (Lipinski definition) is 2. The summed E-state index contributed by atoms with van der Waals surface area (Å²) in [6, 6.07) is 16.3. The van der Waals surface area contributed by atoms with Gasteiger partial charge >= 0.3 is 0 Å². The lowest BCUT2D eigenvalue weighted by molar-refractivity contribution is 0.690. The van der Waals surface area contributed by atoms with Crippen LogP contribution in [0.5, 0.6) is 0 Å². The SMILES string of the molecule is Cc1cc(C)cc(NC(=S)Nc2nn(Cc3ccccc3)cc2Cl)c1. The fraction of sp³-hybridized carbons (Fsp3) is 0.158. The van der Waals surface area contributed by atoms with Crippen molar-refractivity contribution in [1.82, 2.24) is 9.78 Å². The van der Waals surface area contributed by atoms with Crippen molar-refractivity contribution < 1.29 is 0 Å². The third-order valence-corrected chi connectivity index (χ3v) is 4.10. The number of halogens is 1. The Morgan fingerprint density at radius 3 is 2.44 bits per heavy atom. The van der Waals surface area contributed by atoms with E-state index < -0.39 is 0 Å². The van der Waals surface area contributed by atoms with Gasteiger partial charge in [-0.1, -0.05) is 48.0 Å². The Morgan fingerprint density at radius 1 is 1.08 bits per heavy atom. The summed E-state index contributed by atoms with van der Waals surface area (Å²) < 4.78 is 1.79. The summed E-state index contributed by atoms with van der Waals surface area (Å²) in [6.07, 6.45) is 1.79. The molecule has 0 aliphatic heterocycles. The van der Waals surface area contributed by atoms with Crippen molar-refractivity contribution in [2.45, 2.75) is 20.4 Å². The fourth-order valence-electron chi connectivity index (χ4n) is 2.65. The summed E-state index contributed by atoms with van der Waals surface area (Å²) in [7, 11) is 0. The molecule has 6 heteroatoms. The third-order valence-electron chi connectivity index (χ3n) is 3.62. The van der Waals surface area contributed by atoms with E-state index in [1.807, 2.05) is 30.3 Å². The molecule has 0 amide bonds. The number of aromatic nitrogens is 2. The van der Waals surface area contributed by atoms with Crippen LogP contribution >= 0.6 is 23.8 Å². The number of nitrogens with zero attached hydrogens (tertiary/aromatic N) is 2. The topological polar surface area (TPSA) is 41.9 Å². The number of rotatable bonds is 4. The second-order valence-electron chi connectivity index (χ2n) is 5.96. The van der Waals surface area contributed by atoms with Gasteiger partial charge in [-0.05, 0) is 54.9 Å². The van der Waals surface area contributed by atoms with Crippen LogP contribution in [0.25, 0.3) is 0 Å². The highest BCUT2D eigenvalue weighted by atomic mass is 35.5. The predicted molar refractivity (Wildman–Crippen MR) is 109 cm³/mol. The average molecular weight is 371 g/mol. The van der Waals surface area contributed by atoms with Crippen molar-refractivity contribution in [3.63, 3.8) is 0 Å². The molecule has 3 rings (SSSR count). The van der Waals surface area contributed by atoms with Crippen LogP contribution in [-0.2, 0) is 6.54 Å². The van der Waals surface area contributed by atoms with E-state index in [4.69, 9.17) is 23.8 Å². The van der Waals surface area contributed by atoms with E-state index in [0.717, 1.165) is 11.3 Å². The molecular weight excluding hydrogens is 352 g/mol. The van der Waals surface area contributed by atoms with Gasteiger partial charge in [-0.25, -0.2) is 0 Å². The molecule has 1 heterocycles. The summed E-state index contributed by atoms with van der Waals surface area (Å²) in [6.45, 7) is 4.76. The normalized spacial score (nSPS) is 10.5. The third kappa shape index (κ3) is 4.81. The molecule has 0 spiro atoms. The van der Waals surface area contributed by atoms with Gasteiger partial charge in [0.05, 0.1) is 6.54 Å². The molecule has 0 atom stereocenters. The van der Waals surface area contributed by atoms with Crippen LogP contribution in [0.4, 0.5) is 11.5 Å². The number of benzene rings is 2. The molecule has 0 fully saturated rings. The maximum atomic E-state index is 6.28. The molecular formula is C19H19ClN4S. The fourth-order valence-corrected chi connectivity index (χ4v) is 3.06. The first-order valence-corrected chi connectivity index (χ1v) is 8.71.